The Kier molecular flexibility index (Phi) is 5.87. The minimum Gasteiger partial charge on any atom is -0.493 e. The van der Waals surface area contributed by atoms with Gasteiger partial charge in [-0.1, -0.05) is 0 Å². The van der Waals surface area contributed by atoms with Crippen LogP contribution in [0.4, 0.5) is 5.69 Å². The molecule has 0 spiro atoms. The normalized spacial score (nSPS) is 17.1. The van der Waals surface area contributed by atoms with Gasteiger partial charge in [0, 0.05) is 43.5 Å². The highest BCUT2D eigenvalue weighted by Gasteiger charge is 2.30. The van der Waals surface area contributed by atoms with Gasteiger partial charge in [0.05, 0.1) is 37.4 Å². The van der Waals surface area contributed by atoms with Gasteiger partial charge in [0.15, 0.2) is 11.5 Å². The molecular weight excluding hydrogens is 408 g/mol. The fourth-order valence-corrected chi connectivity index (χ4v) is 4.54. The molecule has 2 aromatic rings. The fourth-order valence-electron chi connectivity index (χ4n) is 3.63. The predicted octanol–water partition coefficient (Wildman–Crippen LogP) is 2.90. The van der Waals surface area contributed by atoms with Crippen LogP contribution in [0.2, 0.25) is 0 Å². The Labute approximate surface area is 178 Å². The van der Waals surface area contributed by atoms with Crippen LogP contribution in [0.15, 0.2) is 17.5 Å². The van der Waals surface area contributed by atoms with Crippen LogP contribution >= 0.6 is 11.3 Å². The zero-order valence-electron chi connectivity index (χ0n) is 17.0. The first kappa shape index (κ1) is 20.5. The number of rotatable bonds is 7. The molecule has 1 aromatic carbocycles. The third kappa shape index (κ3) is 4.24. The van der Waals surface area contributed by atoms with Crippen molar-refractivity contribution in [1.29, 1.82) is 0 Å². The van der Waals surface area contributed by atoms with Gasteiger partial charge in [-0.2, -0.15) is 0 Å². The van der Waals surface area contributed by atoms with E-state index in [0.29, 0.717) is 37.8 Å². The molecule has 2 fully saturated rings. The zero-order valence-corrected chi connectivity index (χ0v) is 17.8. The zero-order chi connectivity index (χ0) is 21.3. The summed E-state index contributed by atoms with van der Waals surface area (Å²) in [4.78, 5) is 32.6. The molecule has 1 aromatic heterocycles. The topological polar surface area (TPSA) is 98.0 Å². The summed E-state index contributed by atoms with van der Waals surface area (Å²) >= 11 is 1.69. The van der Waals surface area contributed by atoms with Crippen molar-refractivity contribution in [3.05, 3.63) is 43.9 Å². The van der Waals surface area contributed by atoms with E-state index >= 15 is 0 Å². The number of methoxy groups -OCH3 is 2. The molecule has 0 atom stereocenters. The van der Waals surface area contributed by atoms with Crippen molar-refractivity contribution in [3.63, 3.8) is 0 Å². The number of amides is 1. The molecule has 9 nitrogen and oxygen atoms in total. The van der Waals surface area contributed by atoms with Gasteiger partial charge in [0.1, 0.15) is 10.6 Å². The molecule has 0 N–H and O–H groups in total. The number of thiazole rings is 1. The first-order valence-electron chi connectivity index (χ1n) is 9.86. The molecule has 0 bridgehead atoms. The maximum absolute atomic E-state index is 13.0. The maximum atomic E-state index is 13.0. The lowest BCUT2D eigenvalue weighted by Crippen LogP contribution is -2.48. The number of carbonyl (C=O) groups excluding carboxylic acids is 1. The van der Waals surface area contributed by atoms with Crippen LogP contribution < -0.4 is 9.47 Å². The van der Waals surface area contributed by atoms with Crippen LogP contribution in [0, 0.1) is 10.1 Å². The van der Waals surface area contributed by atoms with Gasteiger partial charge < -0.3 is 14.4 Å². The van der Waals surface area contributed by atoms with Gasteiger partial charge in [-0.25, -0.2) is 4.98 Å². The lowest BCUT2D eigenvalue weighted by molar-refractivity contribution is -0.385. The van der Waals surface area contributed by atoms with Crippen molar-refractivity contribution < 1.29 is 19.2 Å². The van der Waals surface area contributed by atoms with E-state index in [9.17, 15) is 14.9 Å². The van der Waals surface area contributed by atoms with E-state index in [1.807, 2.05) is 0 Å². The van der Waals surface area contributed by atoms with E-state index in [-0.39, 0.29) is 22.9 Å². The highest BCUT2D eigenvalue weighted by Crippen LogP contribution is 2.40. The van der Waals surface area contributed by atoms with Gasteiger partial charge in [-0.3, -0.25) is 19.8 Å². The molecule has 2 heterocycles. The Morgan fingerprint density at radius 2 is 1.87 bits per heavy atom. The summed E-state index contributed by atoms with van der Waals surface area (Å²) < 4.78 is 10.4. The third-order valence-corrected chi connectivity index (χ3v) is 6.36. The predicted molar refractivity (Wildman–Crippen MR) is 111 cm³/mol. The standard InChI is InChI=1S/C20H24N4O5S/c1-28-17-9-14(16(24(26)27)10-18(17)29-2)20(25)23-7-5-22(6-8-23)11-19-21-15(12-30-19)13-3-4-13/h9-10,12-13H,3-8,11H2,1-2H3. The van der Waals surface area contributed by atoms with Crippen LogP contribution in [-0.2, 0) is 6.54 Å². The van der Waals surface area contributed by atoms with E-state index in [1.165, 1.54) is 44.9 Å². The quantitative estimate of drug-likeness (QED) is 0.490. The van der Waals surface area contributed by atoms with Crippen LogP contribution in [0.1, 0.15) is 39.8 Å². The number of hydrogen-bond acceptors (Lipinski definition) is 8. The third-order valence-electron chi connectivity index (χ3n) is 5.51. The van der Waals surface area contributed by atoms with E-state index in [2.05, 4.69) is 10.3 Å². The summed E-state index contributed by atoms with van der Waals surface area (Å²) in [5.41, 5.74) is 0.945. The summed E-state index contributed by atoms with van der Waals surface area (Å²) in [5.74, 6) is 0.800. The number of ether oxygens (including phenoxy) is 2. The van der Waals surface area contributed by atoms with E-state index in [1.54, 1.807) is 16.2 Å². The lowest BCUT2D eigenvalue weighted by atomic mass is 10.1. The highest BCUT2D eigenvalue weighted by molar-refractivity contribution is 7.09. The molecule has 1 aliphatic carbocycles. The average Bonchev–Trinajstić information content (AvgIpc) is 3.51. The molecule has 1 amide bonds. The Morgan fingerprint density at radius 1 is 1.20 bits per heavy atom. The van der Waals surface area contributed by atoms with Crippen molar-refractivity contribution in [1.82, 2.24) is 14.8 Å². The van der Waals surface area contributed by atoms with Crippen molar-refractivity contribution >= 4 is 22.9 Å². The van der Waals surface area contributed by atoms with E-state index in [4.69, 9.17) is 14.5 Å². The first-order chi connectivity index (χ1) is 14.5. The van der Waals surface area contributed by atoms with Gasteiger partial charge in [-0.15, -0.1) is 11.3 Å². The summed E-state index contributed by atoms with van der Waals surface area (Å²) in [7, 11) is 2.84. The monoisotopic (exact) mass is 432 g/mol. The Hall–Kier alpha value is -2.72. The van der Waals surface area contributed by atoms with E-state index < -0.39 is 4.92 Å². The molecule has 10 heteroatoms. The first-order valence-corrected chi connectivity index (χ1v) is 10.7. The molecule has 160 valence electrons. The van der Waals surface area contributed by atoms with Crippen LogP contribution in [-0.4, -0.2) is 66.0 Å². The SMILES string of the molecule is COc1cc(C(=O)N2CCN(Cc3nc(C4CC4)cs3)CC2)c([N+](=O)[O-])cc1OC. The second-order valence-corrected chi connectivity index (χ2v) is 8.43. The van der Waals surface area contributed by atoms with Crippen molar-refractivity contribution in [2.75, 3.05) is 40.4 Å². The minimum atomic E-state index is -0.564. The minimum absolute atomic E-state index is 0.0140. The molecule has 1 saturated heterocycles. The summed E-state index contributed by atoms with van der Waals surface area (Å²) in [5, 5.41) is 14.8. The molecular formula is C20H24N4O5S. The summed E-state index contributed by atoms with van der Waals surface area (Å²) in [6, 6.07) is 2.63. The smallest absolute Gasteiger partial charge is 0.286 e. The number of nitro groups is 1. The summed E-state index contributed by atoms with van der Waals surface area (Å²) in [6.45, 7) is 3.18. The Morgan fingerprint density at radius 3 is 2.47 bits per heavy atom. The number of nitrogens with zero attached hydrogens (tertiary/aromatic N) is 4. The lowest BCUT2D eigenvalue weighted by Gasteiger charge is -2.34. The maximum Gasteiger partial charge on any atom is 0.286 e. The van der Waals surface area contributed by atoms with Crippen molar-refractivity contribution in [3.8, 4) is 11.5 Å². The number of nitro benzene ring substituents is 1. The van der Waals surface area contributed by atoms with Crippen LogP contribution in [0.25, 0.3) is 0 Å². The van der Waals surface area contributed by atoms with Crippen LogP contribution in [0.5, 0.6) is 11.5 Å². The molecule has 2 aliphatic rings. The van der Waals surface area contributed by atoms with E-state index in [0.717, 1.165) is 11.6 Å². The molecule has 1 saturated carbocycles. The second-order valence-electron chi connectivity index (χ2n) is 7.49. The number of benzene rings is 1. The van der Waals surface area contributed by atoms with Gasteiger partial charge in [0.2, 0.25) is 0 Å². The Balaban J connectivity index is 1.42. The molecule has 0 unspecified atom stereocenters. The highest BCUT2D eigenvalue weighted by atomic mass is 32.1. The number of hydrogen-bond donors (Lipinski definition) is 0. The molecule has 1 aliphatic heterocycles. The van der Waals surface area contributed by atoms with Gasteiger partial charge >= 0.3 is 0 Å². The summed E-state index contributed by atoms with van der Waals surface area (Å²) in [6.07, 6.45) is 2.48. The largest absolute Gasteiger partial charge is 0.493 e. The molecule has 30 heavy (non-hydrogen) atoms. The average molecular weight is 433 g/mol. The number of carbonyl (C=O) groups is 1. The number of piperazine rings is 1. The van der Waals surface area contributed by atoms with Crippen molar-refractivity contribution in [2.24, 2.45) is 0 Å². The second kappa shape index (κ2) is 8.57. The molecule has 4 rings (SSSR count). The number of aromatic nitrogens is 1. The van der Waals surface area contributed by atoms with Crippen molar-refractivity contribution in [2.45, 2.75) is 25.3 Å². The van der Waals surface area contributed by atoms with Gasteiger partial charge in [0.25, 0.3) is 11.6 Å². The Bertz CT molecular complexity index is 951. The van der Waals surface area contributed by atoms with Crippen LogP contribution in [0.3, 0.4) is 0 Å². The van der Waals surface area contributed by atoms with Gasteiger partial charge in [-0.05, 0) is 12.8 Å². The molecule has 0 radical (unpaired) electrons. The fraction of sp³-hybridized carbons (Fsp3) is 0.500.